The van der Waals surface area contributed by atoms with E-state index in [-0.39, 0.29) is 24.4 Å². The third-order valence-corrected chi connectivity index (χ3v) is 3.65. The Morgan fingerprint density at radius 2 is 2.17 bits per heavy atom. The summed E-state index contributed by atoms with van der Waals surface area (Å²) in [4.78, 5) is 14.0. The molecule has 0 saturated carbocycles. The lowest BCUT2D eigenvalue weighted by atomic mass is 9.97. The minimum Gasteiger partial charge on any atom is -0.378 e. The first-order chi connectivity index (χ1) is 8.29. The third kappa shape index (κ3) is 4.26. The van der Waals surface area contributed by atoms with E-state index in [0.717, 1.165) is 39.1 Å². The van der Waals surface area contributed by atoms with Crippen molar-refractivity contribution in [1.82, 2.24) is 10.2 Å². The van der Waals surface area contributed by atoms with Crippen LogP contribution in [0.1, 0.15) is 19.3 Å². The summed E-state index contributed by atoms with van der Waals surface area (Å²) in [6.07, 6.45) is 4.70. The number of hydrogen-bond donors (Lipinski definition) is 1. The van der Waals surface area contributed by atoms with E-state index < -0.39 is 0 Å². The predicted octanol–water partition coefficient (Wildman–Crippen LogP) is 1.21. The van der Waals surface area contributed by atoms with Crippen LogP contribution in [0.25, 0.3) is 0 Å². The lowest BCUT2D eigenvalue weighted by Gasteiger charge is -2.32. The van der Waals surface area contributed by atoms with Gasteiger partial charge < -0.3 is 15.0 Å². The molecule has 0 aromatic rings. The van der Waals surface area contributed by atoms with Crippen LogP contribution in [0.2, 0.25) is 0 Å². The molecule has 0 aromatic carbocycles. The fraction of sp³-hybridized carbons (Fsp3) is 0.769. The number of carbonyl (C=O) groups is 1. The smallest absolute Gasteiger partial charge is 0.224 e. The van der Waals surface area contributed by atoms with Crippen molar-refractivity contribution in [2.24, 2.45) is 5.92 Å². The Labute approximate surface area is 115 Å². The summed E-state index contributed by atoms with van der Waals surface area (Å²) in [6.45, 7) is 7.85. The van der Waals surface area contributed by atoms with Crippen LogP contribution < -0.4 is 5.32 Å². The van der Waals surface area contributed by atoms with Gasteiger partial charge in [-0.25, -0.2) is 0 Å². The molecule has 2 saturated heterocycles. The predicted molar refractivity (Wildman–Crippen MR) is 74.0 cm³/mol. The molecule has 2 fully saturated rings. The van der Waals surface area contributed by atoms with Gasteiger partial charge in [0.2, 0.25) is 5.91 Å². The number of allylic oxidation sites excluding steroid dienone is 1. The van der Waals surface area contributed by atoms with Gasteiger partial charge in [0, 0.05) is 32.1 Å². The fourth-order valence-corrected chi connectivity index (χ4v) is 2.48. The number of rotatable bonds is 3. The Morgan fingerprint density at radius 1 is 1.44 bits per heavy atom. The van der Waals surface area contributed by atoms with Crippen molar-refractivity contribution in [2.45, 2.75) is 25.3 Å². The molecule has 104 valence electrons. The molecule has 18 heavy (non-hydrogen) atoms. The topological polar surface area (TPSA) is 41.6 Å². The number of carbonyl (C=O) groups excluding carboxylic acids is 1. The van der Waals surface area contributed by atoms with Gasteiger partial charge in [0.25, 0.3) is 0 Å². The van der Waals surface area contributed by atoms with E-state index >= 15 is 0 Å². The maximum atomic E-state index is 12.1. The molecule has 2 aliphatic rings. The van der Waals surface area contributed by atoms with E-state index in [9.17, 15) is 4.79 Å². The summed E-state index contributed by atoms with van der Waals surface area (Å²) in [7, 11) is 0. The van der Waals surface area contributed by atoms with Gasteiger partial charge in [-0.15, -0.1) is 19.0 Å². The van der Waals surface area contributed by atoms with Crippen LogP contribution in [-0.4, -0.2) is 49.7 Å². The van der Waals surface area contributed by atoms with E-state index in [1.165, 1.54) is 0 Å². The molecule has 0 radical (unpaired) electrons. The van der Waals surface area contributed by atoms with E-state index in [1.54, 1.807) is 0 Å². The van der Waals surface area contributed by atoms with Gasteiger partial charge in [-0.3, -0.25) is 4.79 Å². The molecule has 0 aliphatic carbocycles. The average Bonchev–Trinajstić information content (AvgIpc) is 2.40. The molecule has 4 nitrogen and oxygen atoms in total. The van der Waals surface area contributed by atoms with E-state index in [2.05, 4.69) is 11.9 Å². The number of likely N-dealkylation sites (tertiary alicyclic amines) is 1. The minimum absolute atomic E-state index is 0. The van der Waals surface area contributed by atoms with E-state index in [4.69, 9.17) is 4.74 Å². The lowest BCUT2D eigenvalue weighted by Crippen LogP contribution is -2.46. The highest BCUT2D eigenvalue weighted by Gasteiger charge is 2.24. The second-order valence-electron chi connectivity index (χ2n) is 4.88. The summed E-state index contributed by atoms with van der Waals surface area (Å²) in [5, 5.41) is 3.32. The molecule has 1 unspecified atom stereocenters. The zero-order valence-electron chi connectivity index (χ0n) is 10.8. The summed E-state index contributed by atoms with van der Waals surface area (Å²) in [5.74, 6) is 0.853. The maximum Gasteiger partial charge on any atom is 0.224 e. The van der Waals surface area contributed by atoms with Gasteiger partial charge in [0.15, 0.2) is 0 Å². The highest BCUT2D eigenvalue weighted by molar-refractivity contribution is 5.85. The first kappa shape index (κ1) is 15.5. The monoisotopic (exact) mass is 274 g/mol. The second kappa shape index (κ2) is 7.77. The highest BCUT2D eigenvalue weighted by Crippen LogP contribution is 2.18. The van der Waals surface area contributed by atoms with Crippen LogP contribution in [0.15, 0.2) is 12.7 Å². The fourth-order valence-electron chi connectivity index (χ4n) is 2.48. The summed E-state index contributed by atoms with van der Waals surface area (Å²) < 4.78 is 5.36. The SMILES string of the molecule is C=CC1CCN(C(=O)CC2COCCN2)CC1.Cl. The van der Waals surface area contributed by atoms with Crippen LogP contribution in [0, 0.1) is 5.92 Å². The Hall–Kier alpha value is -0.580. The molecule has 0 bridgehead atoms. The van der Waals surface area contributed by atoms with Crippen molar-refractivity contribution < 1.29 is 9.53 Å². The zero-order valence-corrected chi connectivity index (χ0v) is 11.6. The molecule has 1 N–H and O–H groups in total. The lowest BCUT2D eigenvalue weighted by molar-refractivity contribution is -0.133. The summed E-state index contributed by atoms with van der Waals surface area (Å²) >= 11 is 0. The van der Waals surface area contributed by atoms with Crippen molar-refractivity contribution in [1.29, 1.82) is 0 Å². The summed E-state index contributed by atoms with van der Waals surface area (Å²) in [5.41, 5.74) is 0. The molecule has 5 heteroatoms. The number of ether oxygens (including phenoxy) is 1. The molecular formula is C13H23ClN2O2. The largest absolute Gasteiger partial charge is 0.378 e. The first-order valence-corrected chi connectivity index (χ1v) is 6.51. The standard InChI is InChI=1S/C13H22N2O2.ClH/c1-2-11-3-6-15(7-4-11)13(16)9-12-10-17-8-5-14-12;/h2,11-12,14H,1,3-10H2;1H. The molecule has 1 atom stereocenters. The molecule has 0 spiro atoms. The Bertz CT molecular complexity index is 272. The van der Waals surface area contributed by atoms with Gasteiger partial charge in [-0.2, -0.15) is 0 Å². The maximum absolute atomic E-state index is 12.1. The number of piperidine rings is 1. The Kier molecular flexibility index (Phi) is 6.68. The quantitative estimate of drug-likeness (QED) is 0.787. The van der Waals surface area contributed by atoms with Crippen LogP contribution in [0.5, 0.6) is 0 Å². The van der Waals surface area contributed by atoms with E-state index in [1.807, 2.05) is 11.0 Å². The average molecular weight is 275 g/mol. The Morgan fingerprint density at radius 3 is 2.72 bits per heavy atom. The molecule has 2 aliphatic heterocycles. The number of hydrogen-bond acceptors (Lipinski definition) is 3. The molecular weight excluding hydrogens is 252 g/mol. The minimum atomic E-state index is 0. The molecule has 1 amide bonds. The normalized spacial score (nSPS) is 25.3. The Balaban J connectivity index is 0.00000162. The van der Waals surface area contributed by atoms with Crippen molar-refractivity contribution in [3.05, 3.63) is 12.7 Å². The number of halogens is 1. The molecule has 2 heterocycles. The van der Waals surface area contributed by atoms with E-state index in [0.29, 0.717) is 18.9 Å². The first-order valence-electron chi connectivity index (χ1n) is 6.51. The van der Waals surface area contributed by atoms with Gasteiger partial charge in [0.1, 0.15) is 0 Å². The second-order valence-corrected chi connectivity index (χ2v) is 4.88. The number of nitrogens with zero attached hydrogens (tertiary/aromatic N) is 1. The number of amides is 1. The van der Waals surface area contributed by atoms with Crippen LogP contribution in [0.3, 0.4) is 0 Å². The van der Waals surface area contributed by atoms with Gasteiger partial charge >= 0.3 is 0 Å². The summed E-state index contributed by atoms with van der Waals surface area (Å²) in [6, 6.07) is 0.202. The van der Waals surface area contributed by atoms with Crippen molar-refractivity contribution in [2.75, 3.05) is 32.8 Å². The van der Waals surface area contributed by atoms with Gasteiger partial charge in [-0.1, -0.05) is 6.08 Å². The van der Waals surface area contributed by atoms with Gasteiger partial charge in [0.05, 0.1) is 13.2 Å². The van der Waals surface area contributed by atoms with Gasteiger partial charge in [-0.05, 0) is 18.8 Å². The number of nitrogens with one attached hydrogen (secondary N) is 1. The van der Waals surface area contributed by atoms with Crippen LogP contribution >= 0.6 is 12.4 Å². The molecule has 0 aromatic heterocycles. The van der Waals surface area contributed by atoms with Crippen LogP contribution in [-0.2, 0) is 9.53 Å². The van der Waals surface area contributed by atoms with Crippen molar-refractivity contribution in [3.8, 4) is 0 Å². The molecule has 2 rings (SSSR count). The van der Waals surface area contributed by atoms with Crippen molar-refractivity contribution in [3.63, 3.8) is 0 Å². The third-order valence-electron chi connectivity index (χ3n) is 3.65. The number of morpholine rings is 1. The van der Waals surface area contributed by atoms with Crippen LogP contribution in [0.4, 0.5) is 0 Å². The highest BCUT2D eigenvalue weighted by atomic mass is 35.5. The zero-order chi connectivity index (χ0) is 12.1. The van der Waals surface area contributed by atoms with Crippen molar-refractivity contribution >= 4 is 18.3 Å².